The normalized spacial score (nSPS) is 33.2. The fourth-order valence-electron chi connectivity index (χ4n) is 4.47. The second-order valence-electron chi connectivity index (χ2n) is 8.63. The number of hydrogen-bond acceptors (Lipinski definition) is 5. The Morgan fingerprint density at radius 3 is 2.48 bits per heavy atom. The van der Waals surface area contributed by atoms with Gasteiger partial charge in [0.2, 0.25) is 0 Å². The van der Waals surface area contributed by atoms with Crippen LogP contribution in [0, 0.1) is 11.8 Å². The first-order valence-electron chi connectivity index (χ1n) is 10.1. The summed E-state index contributed by atoms with van der Waals surface area (Å²) in [6, 6.07) is 0. The van der Waals surface area contributed by atoms with Gasteiger partial charge in [-0.25, -0.2) is 0 Å². The van der Waals surface area contributed by atoms with Gasteiger partial charge in [0.05, 0.1) is 17.6 Å². The molecule has 5 heteroatoms. The van der Waals surface area contributed by atoms with Crippen molar-refractivity contribution in [3.8, 4) is 0 Å². The largest absolute Gasteiger partial charge is 0.459 e. The molecular formula is C20H34O5. The van der Waals surface area contributed by atoms with Crippen molar-refractivity contribution in [2.45, 2.75) is 102 Å². The Kier molecular flexibility index (Phi) is 6.39. The molecule has 0 bridgehead atoms. The molecule has 1 aliphatic carbocycles. The standard InChI is InChI=1S/C20H34O5/c1-20(2,22)15-13-17(25-19(15)21)16(12-14-8-4-3-5-9-14)24-18-10-6-7-11-23-18/h14-18,22H,3-13H2,1-2H3/t15?,16-,17?,18?/m1/s1. The summed E-state index contributed by atoms with van der Waals surface area (Å²) >= 11 is 0. The third-order valence-corrected chi connectivity index (χ3v) is 6.04. The van der Waals surface area contributed by atoms with Crippen LogP contribution in [0.1, 0.15) is 78.1 Å². The molecule has 3 fully saturated rings. The number of ether oxygens (including phenoxy) is 3. The first kappa shape index (κ1) is 19.1. The maximum absolute atomic E-state index is 12.3. The molecule has 1 saturated carbocycles. The summed E-state index contributed by atoms with van der Waals surface area (Å²) in [4.78, 5) is 12.3. The van der Waals surface area contributed by atoms with E-state index in [0.717, 1.165) is 32.3 Å². The minimum atomic E-state index is -1.05. The highest BCUT2D eigenvalue weighted by molar-refractivity contribution is 5.76. The van der Waals surface area contributed by atoms with E-state index in [9.17, 15) is 9.90 Å². The molecule has 2 aliphatic heterocycles. The quantitative estimate of drug-likeness (QED) is 0.739. The van der Waals surface area contributed by atoms with Gasteiger partial charge in [0.25, 0.3) is 0 Å². The predicted molar refractivity (Wildman–Crippen MR) is 93.9 cm³/mol. The Hall–Kier alpha value is -0.650. The number of hydrogen-bond donors (Lipinski definition) is 1. The molecule has 2 saturated heterocycles. The molecular weight excluding hydrogens is 320 g/mol. The molecule has 1 N–H and O–H groups in total. The zero-order chi connectivity index (χ0) is 17.9. The average Bonchev–Trinajstić information content (AvgIpc) is 2.98. The molecule has 0 radical (unpaired) electrons. The van der Waals surface area contributed by atoms with Crippen molar-refractivity contribution in [3.05, 3.63) is 0 Å². The summed E-state index contributed by atoms with van der Waals surface area (Å²) < 4.78 is 17.7. The molecule has 5 nitrogen and oxygen atoms in total. The van der Waals surface area contributed by atoms with E-state index in [1.54, 1.807) is 13.8 Å². The van der Waals surface area contributed by atoms with Crippen molar-refractivity contribution in [2.75, 3.05) is 6.61 Å². The third-order valence-electron chi connectivity index (χ3n) is 6.04. The van der Waals surface area contributed by atoms with Gasteiger partial charge in [-0.3, -0.25) is 4.79 Å². The molecule has 144 valence electrons. The van der Waals surface area contributed by atoms with E-state index in [1.807, 2.05) is 0 Å². The van der Waals surface area contributed by atoms with Gasteiger partial charge in [-0.2, -0.15) is 0 Å². The highest BCUT2D eigenvalue weighted by Crippen LogP contribution is 2.37. The number of cyclic esters (lactones) is 1. The number of esters is 1. The van der Waals surface area contributed by atoms with Crippen LogP contribution in [0.25, 0.3) is 0 Å². The van der Waals surface area contributed by atoms with Gasteiger partial charge in [-0.1, -0.05) is 32.1 Å². The van der Waals surface area contributed by atoms with Crippen LogP contribution in [0.3, 0.4) is 0 Å². The Balaban J connectivity index is 1.65. The third kappa shape index (κ3) is 5.18. The van der Waals surface area contributed by atoms with E-state index in [4.69, 9.17) is 14.2 Å². The monoisotopic (exact) mass is 354 g/mol. The van der Waals surface area contributed by atoms with E-state index in [-0.39, 0.29) is 24.5 Å². The Bertz CT molecular complexity index is 412. The molecule has 3 aliphatic rings. The van der Waals surface area contributed by atoms with Gasteiger partial charge < -0.3 is 19.3 Å². The van der Waals surface area contributed by atoms with Crippen LogP contribution < -0.4 is 0 Å². The predicted octanol–water partition coefficient (Wildman–Crippen LogP) is 3.57. The molecule has 2 heterocycles. The van der Waals surface area contributed by atoms with Gasteiger partial charge in [-0.15, -0.1) is 0 Å². The van der Waals surface area contributed by atoms with Crippen molar-refractivity contribution in [2.24, 2.45) is 11.8 Å². The minimum Gasteiger partial charge on any atom is -0.459 e. The highest BCUT2D eigenvalue weighted by atomic mass is 16.7. The van der Waals surface area contributed by atoms with Gasteiger partial charge in [0.15, 0.2) is 6.29 Å². The first-order valence-corrected chi connectivity index (χ1v) is 10.1. The van der Waals surface area contributed by atoms with Crippen molar-refractivity contribution in [1.29, 1.82) is 0 Å². The highest BCUT2D eigenvalue weighted by Gasteiger charge is 2.47. The Morgan fingerprint density at radius 1 is 1.16 bits per heavy atom. The van der Waals surface area contributed by atoms with E-state index < -0.39 is 11.5 Å². The molecule has 0 aromatic heterocycles. The van der Waals surface area contributed by atoms with E-state index in [1.165, 1.54) is 32.1 Å². The summed E-state index contributed by atoms with van der Waals surface area (Å²) in [5.41, 5.74) is -1.05. The van der Waals surface area contributed by atoms with Gasteiger partial charge >= 0.3 is 5.97 Å². The van der Waals surface area contributed by atoms with Crippen LogP contribution in [-0.4, -0.2) is 41.8 Å². The topological polar surface area (TPSA) is 65.0 Å². The second-order valence-corrected chi connectivity index (χ2v) is 8.63. The molecule has 0 aromatic rings. The zero-order valence-electron chi connectivity index (χ0n) is 15.7. The molecule has 0 amide bonds. The molecule has 0 aromatic carbocycles. The van der Waals surface area contributed by atoms with Crippen LogP contribution in [-0.2, 0) is 19.0 Å². The maximum atomic E-state index is 12.3. The number of carbonyl (C=O) groups excluding carboxylic acids is 1. The minimum absolute atomic E-state index is 0.123. The Morgan fingerprint density at radius 2 is 1.88 bits per heavy atom. The molecule has 3 unspecified atom stereocenters. The summed E-state index contributed by atoms with van der Waals surface area (Å²) in [6.45, 7) is 4.11. The van der Waals surface area contributed by atoms with Crippen molar-refractivity contribution in [1.82, 2.24) is 0 Å². The average molecular weight is 354 g/mol. The van der Waals surface area contributed by atoms with Crippen LogP contribution in [0.5, 0.6) is 0 Å². The smallest absolute Gasteiger partial charge is 0.312 e. The van der Waals surface area contributed by atoms with Crippen LogP contribution in [0.15, 0.2) is 0 Å². The van der Waals surface area contributed by atoms with E-state index in [2.05, 4.69) is 0 Å². The SMILES string of the molecule is CC(C)(O)C1CC([C@@H](CC2CCCCC2)OC2CCCCO2)OC1=O. The van der Waals surface area contributed by atoms with Crippen molar-refractivity contribution >= 4 is 5.97 Å². The van der Waals surface area contributed by atoms with Crippen molar-refractivity contribution < 1.29 is 24.1 Å². The molecule has 25 heavy (non-hydrogen) atoms. The lowest BCUT2D eigenvalue weighted by Crippen LogP contribution is -2.38. The van der Waals surface area contributed by atoms with Crippen molar-refractivity contribution in [3.63, 3.8) is 0 Å². The number of carbonyl (C=O) groups is 1. The lowest BCUT2D eigenvalue weighted by atomic mass is 9.82. The number of rotatable bonds is 6. The lowest BCUT2D eigenvalue weighted by molar-refractivity contribution is -0.212. The van der Waals surface area contributed by atoms with Crippen LogP contribution in [0.4, 0.5) is 0 Å². The van der Waals surface area contributed by atoms with E-state index >= 15 is 0 Å². The zero-order valence-corrected chi connectivity index (χ0v) is 15.7. The fourth-order valence-corrected chi connectivity index (χ4v) is 4.47. The lowest BCUT2D eigenvalue weighted by Gasteiger charge is -2.33. The maximum Gasteiger partial charge on any atom is 0.312 e. The molecule has 4 atom stereocenters. The van der Waals surface area contributed by atoms with E-state index in [0.29, 0.717) is 12.3 Å². The van der Waals surface area contributed by atoms with Crippen LogP contribution >= 0.6 is 0 Å². The number of aliphatic hydroxyl groups is 1. The van der Waals surface area contributed by atoms with Gasteiger partial charge in [0.1, 0.15) is 6.10 Å². The first-order chi connectivity index (χ1) is 11.9. The van der Waals surface area contributed by atoms with Gasteiger partial charge in [-0.05, 0) is 45.4 Å². The summed E-state index contributed by atoms with van der Waals surface area (Å²) in [5, 5.41) is 10.3. The fraction of sp³-hybridized carbons (Fsp3) is 0.950. The summed E-state index contributed by atoms with van der Waals surface area (Å²) in [5.74, 6) is -0.122. The summed E-state index contributed by atoms with van der Waals surface area (Å²) in [6.07, 6.45) is 10.4. The molecule has 3 rings (SSSR count). The van der Waals surface area contributed by atoms with Gasteiger partial charge in [0, 0.05) is 13.0 Å². The molecule has 0 spiro atoms. The second kappa shape index (κ2) is 8.36. The Labute approximate surface area is 151 Å². The summed E-state index contributed by atoms with van der Waals surface area (Å²) in [7, 11) is 0. The van der Waals surface area contributed by atoms with Crippen LogP contribution in [0.2, 0.25) is 0 Å².